The predicted octanol–water partition coefficient (Wildman–Crippen LogP) is 2.56. The first-order valence-corrected chi connectivity index (χ1v) is 9.56. The van der Waals surface area contributed by atoms with Gasteiger partial charge in [-0.25, -0.2) is 4.79 Å². The first-order chi connectivity index (χ1) is 10.2. The van der Waals surface area contributed by atoms with E-state index in [0.29, 0.717) is 23.8 Å². The average molecular weight is 328 g/mol. The van der Waals surface area contributed by atoms with Gasteiger partial charge in [-0.2, -0.15) is 8.42 Å². The zero-order valence-corrected chi connectivity index (χ0v) is 14.1. The molecule has 0 N–H and O–H groups in total. The zero-order chi connectivity index (χ0) is 16.2. The van der Waals surface area contributed by atoms with Gasteiger partial charge in [0.2, 0.25) is 0 Å². The molecule has 6 heteroatoms. The van der Waals surface area contributed by atoms with Crippen LogP contribution < -0.4 is 0 Å². The molecule has 2 unspecified atom stereocenters. The number of esters is 1. The molecule has 0 aromatic heterocycles. The van der Waals surface area contributed by atoms with E-state index in [1.807, 2.05) is 0 Å². The molecule has 0 aromatic carbocycles. The van der Waals surface area contributed by atoms with Gasteiger partial charge in [-0.3, -0.25) is 4.18 Å². The number of hydrogen-bond donors (Lipinski definition) is 0. The molecule has 0 saturated heterocycles. The van der Waals surface area contributed by atoms with Crippen LogP contribution in [0.4, 0.5) is 0 Å². The number of ether oxygens (including phenoxy) is 1. The highest BCUT2D eigenvalue weighted by molar-refractivity contribution is 7.86. The predicted molar refractivity (Wildman–Crippen MR) is 81.6 cm³/mol. The molecule has 22 heavy (non-hydrogen) atoms. The Hall–Kier alpha value is -0.880. The van der Waals surface area contributed by atoms with Crippen LogP contribution in [-0.4, -0.2) is 31.3 Å². The molecule has 124 valence electrons. The van der Waals surface area contributed by atoms with E-state index in [2.05, 4.69) is 6.58 Å². The third-order valence-corrected chi connectivity index (χ3v) is 6.58. The van der Waals surface area contributed by atoms with Crippen LogP contribution in [0.25, 0.3) is 0 Å². The van der Waals surface area contributed by atoms with Crippen LogP contribution >= 0.6 is 0 Å². The second-order valence-electron chi connectivity index (χ2n) is 7.43. The van der Waals surface area contributed by atoms with Crippen LogP contribution in [0.15, 0.2) is 12.2 Å². The van der Waals surface area contributed by atoms with E-state index >= 15 is 0 Å². The van der Waals surface area contributed by atoms with Crippen LogP contribution in [0.3, 0.4) is 0 Å². The Balaban J connectivity index is 1.87. The molecule has 0 aromatic rings. The summed E-state index contributed by atoms with van der Waals surface area (Å²) < 4.78 is 35.3. The monoisotopic (exact) mass is 328 g/mol. The largest absolute Gasteiger partial charge is 0.456 e. The fourth-order valence-corrected chi connectivity index (χ4v) is 5.78. The van der Waals surface area contributed by atoms with Crippen molar-refractivity contribution in [2.24, 2.45) is 11.8 Å². The van der Waals surface area contributed by atoms with Crippen molar-refractivity contribution < 1.29 is 22.1 Å². The van der Waals surface area contributed by atoms with Gasteiger partial charge in [-0.05, 0) is 57.8 Å². The average Bonchev–Trinajstić information content (AvgIpc) is 2.34. The summed E-state index contributed by atoms with van der Waals surface area (Å²) in [6, 6.07) is 0. The van der Waals surface area contributed by atoms with Crippen LogP contribution in [-0.2, 0) is 23.8 Å². The fourth-order valence-electron chi connectivity index (χ4n) is 4.92. The molecule has 0 heterocycles. The van der Waals surface area contributed by atoms with Gasteiger partial charge in [-0.1, -0.05) is 6.58 Å². The van der Waals surface area contributed by atoms with E-state index in [-0.39, 0.29) is 11.7 Å². The maximum Gasteiger partial charge on any atom is 0.333 e. The van der Waals surface area contributed by atoms with E-state index in [1.165, 1.54) is 0 Å². The van der Waals surface area contributed by atoms with Gasteiger partial charge in [0.25, 0.3) is 10.1 Å². The van der Waals surface area contributed by atoms with Gasteiger partial charge >= 0.3 is 5.97 Å². The maximum atomic E-state index is 12.0. The standard InChI is InChI=1S/C16H24O5S/c1-4-22(18,19)21-16-8-12-5-13(9-16)7-15(6-12,10-16)20-14(17)11(2)3/h12-13H,2,4-10H2,1,3H3. The third kappa shape index (κ3) is 2.83. The van der Waals surface area contributed by atoms with Gasteiger partial charge < -0.3 is 4.74 Å². The highest BCUT2D eigenvalue weighted by Gasteiger charge is 2.61. The lowest BCUT2D eigenvalue weighted by Crippen LogP contribution is -2.61. The van der Waals surface area contributed by atoms with Crippen LogP contribution in [0, 0.1) is 11.8 Å². The highest BCUT2D eigenvalue weighted by Crippen LogP contribution is 2.60. The summed E-state index contributed by atoms with van der Waals surface area (Å²) in [6.45, 7) is 6.87. The number of rotatable bonds is 5. The Morgan fingerprint density at radius 3 is 2.23 bits per heavy atom. The summed E-state index contributed by atoms with van der Waals surface area (Å²) in [6.07, 6.45) is 4.73. The van der Waals surface area contributed by atoms with Crippen LogP contribution in [0.1, 0.15) is 52.4 Å². The van der Waals surface area contributed by atoms with Crippen LogP contribution in [0.5, 0.6) is 0 Å². The minimum atomic E-state index is -3.51. The zero-order valence-electron chi connectivity index (χ0n) is 13.3. The first kappa shape index (κ1) is 16.0. The Bertz CT molecular complexity index is 592. The number of carbonyl (C=O) groups excluding carboxylic acids is 1. The first-order valence-electron chi connectivity index (χ1n) is 7.99. The molecule has 5 nitrogen and oxygen atoms in total. The number of carbonyl (C=O) groups is 1. The second-order valence-corrected chi connectivity index (χ2v) is 9.29. The van der Waals surface area contributed by atoms with Crippen molar-refractivity contribution in [3.05, 3.63) is 12.2 Å². The van der Waals surface area contributed by atoms with Crippen molar-refractivity contribution in [3.8, 4) is 0 Å². The van der Waals surface area contributed by atoms with E-state index in [0.717, 1.165) is 32.1 Å². The second kappa shape index (κ2) is 5.06. The summed E-state index contributed by atoms with van der Waals surface area (Å²) in [4.78, 5) is 12.0. The summed E-state index contributed by atoms with van der Waals surface area (Å²) in [5.74, 6) is 0.357. The van der Waals surface area contributed by atoms with Crippen molar-refractivity contribution in [2.45, 2.75) is 63.6 Å². The molecular formula is C16H24O5S. The minimum Gasteiger partial charge on any atom is -0.456 e. The molecule has 4 aliphatic rings. The normalized spacial score (nSPS) is 39.7. The molecule has 4 fully saturated rings. The lowest BCUT2D eigenvalue weighted by atomic mass is 9.52. The van der Waals surface area contributed by atoms with Crippen molar-refractivity contribution in [3.63, 3.8) is 0 Å². The van der Waals surface area contributed by atoms with Gasteiger partial charge in [0.1, 0.15) is 5.60 Å². The molecule has 4 rings (SSSR count). The molecule has 0 spiro atoms. The van der Waals surface area contributed by atoms with Gasteiger partial charge in [-0.15, -0.1) is 0 Å². The molecule has 4 bridgehead atoms. The Labute approximate surface area is 132 Å². The molecule has 4 saturated carbocycles. The number of hydrogen-bond acceptors (Lipinski definition) is 5. The SMILES string of the molecule is C=C(C)C(=O)OC12CC3CC(C1)CC(OS(=O)(=O)CC)(C3)C2. The summed E-state index contributed by atoms with van der Waals surface area (Å²) in [5, 5.41) is 0. The smallest absolute Gasteiger partial charge is 0.333 e. The quantitative estimate of drug-likeness (QED) is 0.441. The van der Waals surface area contributed by atoms with Gasteiger partial charge in [0.15, 0.2) is 0 Å². The molecule has 4 aliphatic carbocycles. The molecular weight excluding hydrogens is 304 g/mol. The molecule has 0 amide bonds. The fraction of sp³-hybridized carbons (Fsp3) is 0.812. The Morgan fingerprint density at radius 1 is 1.18 bits per heavy atom. The van der Waals surface area contributed by atoms with E-state index in [9.17, 15) is 13.2 Å². The lowest BCUT2D eigenvalue weighted by molar-refractivity contribution is -0.209. The summed E-state index contributed by atoms with van der Waals surface area (Å²) in [7, 11) is -3.51. The Morgan fingerprint density at radius 2 is 1.73 bits per heavy atom. The summed E-state index contributed by atoms with van der Waals surface area (Å²) >= 11 is 0. The minimum absolute atomic E-state index is 0.0252. The van der Waals surface area contributed by atoms with Crippen molar-refractivity contribution in [1.82, 2.24) is 0 Å². The highest BCUT2D eigenvalue weighted by atomic mass is 32.2. The third-order valence-electron chi connectivity index (χ3n) is 5.27. The lowest BCUT2D eigenvalue weighted by Gasteiger charge is -2.60. The van der Waals surface area contributed by atoms with Gasteiger partial charge in [0.05, 0.1) is 11.4 Å². The maximum absolute atomic E-state index is 12.0. The van der Waals surface area contributed by atoms with Crippen molar-refractivity contribution in [2.75, 3.05) is 5.75 Å². The molecule has 0 radical (unpaired) electrons. The topological polar surface area (TPSA) is 69.7 Å². The van der Waals surface area contributed by atoms with Crippen LogP contribution in [0.2, 0.25) is 0 Å². The summed E-state index contributed by atoms with van der Waals surface area (Å²) in [5.41, 5.74) is -0.857. The van der Waals surface area contributed by atoms with E-state index in [1.54, 1.807) is 13.8 Å². The van der Waals surface area contributed by atoms with E-state index < -0.39 is 21.3 Å². The Kier molecular flexibility index (Phi) is 3.68. The van der Waals surface area contributed by atoms with Gasteiger partial charge in [0, 0.05) is 12.0 Å². The van der Waals surface area contributed by atoms with Crippen molar-refractivity contribution in [1.29, 1.82) is 0 Å². The molecule has 2 atom stereocenters. The molecule has 0 aliphatic heterocycles. The van der Waals surface area contributed by atoms with E-state index in [4.69, 9.17) is 8.92 Å². The van der Waals surface area contributed by atoms with Crippen molar-refractivity contribution >= 4 is 16.1 Å².